The number of hydrogen-bond acceptors (Lipinski definition) is 3. The summed E-state index contributed by atoms with van der Waals surface area (Å²) in [5, 5.41) is 7.32. The Morgan fingerprint density at radius 2 is 2.09 bits per heavy atom. The van der Waals surface area contributed by atoms with Gasteiger partial charge in [-0.15, -0.1) is 0 Å². The number of nitrogens with zero attached hydrogens (tertiary/aromatic N) is 2. The Balaban J connectivity index is 1.80. The van der Waals surface area contributed by atoms with Crippen LogP contribution in [0.15, 0.2) is 18.2 Å². The summed E-state index contributed by atoms with van der Waals surface area (Å²) in [6, 6.07) is 6.47. The van der Waals surface area contributed by atoms with Gasteiger partial charge >= 0.3 is 0 Å². The van der Waals surface area contributed by atoms with Crippen LogP contribution in [0.2, 0.25) is 0 Å². The van der Waals surface area contributed by atoms with Crippen molar-refractivity contribution < 1.29 is 9.53 Å². The van der Waals surface area contributed by atoms with Crippen molar-refractivity contribution in [3.05, 3.63) is 46.1 Å². The fourth-order valence-electron chi connectivity index (χ4n) is 3.35. The highest BCUT2D eigenvalue weighted by Crippen LogP contribution is 2.26. The van der Waals surface area contributed by atoms with Crippen LogP contribution in [0.4, 0.5) is 0 Å². The molecule has 1 aromatic carbocycles. The van der Waals surface area contributed by atoms with E-state index in [4.69, 9.17) is 4.74 Å². The fraction of sp³-hybridized carbons (Fsp3) is 0.444. The van der Waals surface area contributed by atoms with E-state index >= 15 is 0 Å². The number of fused-ring (bicyclic) bond motifs is 1. The first kappa shape index (κ1) is 15.6. The summed E-state index contributed by atoms with van der Waals surface area (Å²) >= 11 is 0. The number of methoxy groups -OCH3 is 1. The van der Waals surface area contributed by atoms with Crippen LogP contribution in [0.25, 0.3) is 0 Å². The van der Waals surface area contributed by atoms with Crippen LogP contribution in [-0.2, 0) is 19.9 Å². The van der Waals surface area contributed by atoms with E-state index in [-0.39, 0.29) is 11.9 Å². The maximum Gasteiger partial charge on any atom is 0.259 e. The number of carbonyl (C=O) groups excluding carboxylic acids is 1. The SMILES string of the molecule is COc1c(C(=O)N[C@H](C)c2ccc3c(c2)CCC3)c(C)nn1C. The molecule has 5 nitrogen and oxygen atoms in total. The van der Waals surface area contributed by atoms with Gasteiger partial charge in [-0.25, -0.2) is 4.68 Å². The van der Waals surface area contributed by atoms with Crippen LogP contribution < -0.4 is 10.1 Å². The average Bonchev–Trinajstić information content (AvgIpc) is 3.09. The van der Waals surface area contributed by atoms with Crippen LogP contribution in [0.5, 0.6) is 5.88 Å². The molecular formula is C18H23N3O2. The van der Waals surface area contributed by atoms with Gasteiger partial charge in [0.25, 0.3) is 5.91 Å². The van der Waals surface area contributed by atoms with E-state index in [9.17, 15) is 4.79 Å². The van der Waals surface area contributed by atoms with E-state index in [1.807, 2.05) is 13.8 Å². The maximum atomic E-state index is 12.6. The summed E-state index contributed by atoms with van der Waals surface area (Å²) in [7, 11) is 3.32. The topological polar surface area (TPSA) is 56.1 Å². The normalized spacial score (nSPS) is 14.4. The summed E-state index contributed by atoms with van der Waals surface area (Å²) < 4.78 is 6.89. The zero-order valence-corrected chi connectivity index (χ0v) is 14.1. The van der Waals surface area contributed by atoms with Crippen molar-refractivity contribution in [3.63, 3.8) is 0 Å². The van der Waals surface area contributed by atoms with Gasteiger partial charge in [0.05, 0.1) is 18.8 Å². The van der Waals surface area contributed by atoms with Gasteiger partial charge in [0.15, 0.2) is 0 Å². The molecule has 2 aromatic rings. The highest BCUT2D eigenvalue weighted by Gasteiger charge is 2.23. The molecule has 1 amide bonds. The monoisotopic (exact) mass is 313 g/mol. The fourth-order valence-corrected chi connectivity index (χ4v) is 3.35. The van der Waals surface area contributed by atoms with Gasteiger partial charge in [0, 0.05) is 7.05 Å². The Morgan fingerprint density at radius 3 is 2.83 bits per heavy atom. The molecule has 1 aliphatic carbocycles. The molecule has 0 saturated heterocycles. The van der Waals surface area contributed by atoms with Crippen LogP contribution in [-0.4, -0.2) is 22.8 Å². The third-order valence-electron chi connectivity index (χ3n) is 4.56. The van der Waals surface area contributed by atoms with Crippen molar-refractivity contribution >= 4 is 5.91 Å². The predicted molar refractivity (Wildman–Crippen MR) is 88.8 cm³/mol. The maximum absolute atomic E-state index is 12.6. The number of nitrogens with one attached hydrogen (secondary N) is 1. The number of aryl methyl sites for hydroxylation is 4. The smallest absolute Gasteiger partial charge is 0.259 e. The third-order valence-corrected chi connectivity index (χ3v) is 4.56. The number of amides is 1. The molecule has 1 aliphatic rings. The van der Waals surface area contributed by atoms with Gasteiger partial charge in [-0.1, -0.05) is 18.2 Å². The van der Waals surface area contributed by atoms with Crippen LogP contribution in [0.1, 0.15) is 52.1 Å². The Bertz CT molecular complexity index is 749. The van der Waals surface area contributed by atoms with Gasteiger partial charge < -0.3 is 10.1 Å². The molecule has 0 radical (unpaired) electrons. The van der Waals surface area contributed by atoms with Crippen molar-refractivity contribution in [1.29, 1.82) is 0 Å². The Morgan fingerprint density at radius 1 is 1.35 bits per heavy atom. The Kier molecular flexibility index (Phi) is 4.11. The first-order valence-corrected chi connectivity index (χ1v) is 8.01. The van der Waals surface area contributed by atoms with Crippen LogP contribution in [0, 0.1) is 6.92 Å². The molecule has 0 aliphatic heterocycles. The molecule has 1 aromatic heterocycles. The van der Waals surface area contributed by atoms with Crippen molar-refractivity contribution in [3.8, 4) is 5.88 Å². The summed E-state index contributed by atoms with van der Waals surface area (Å²) in [4.78, 5) is 12.6. The standard InChI is InChI=1S/C18H23N3O2/c1-11(14-9-8-13-6-5-7-15(13)10-14)19-17(22)16-12(2)20-21(3)18(16)23-4/h8-11H,5-7H2,1-4H3,(H,19,22)/t11-/m1/s1. The lowest BCUT2D eigenvalue weighted by atomic mass is 10.0. The first-order chi connectivity index (χ1) is 11.0. The van der Waals surface area contributed by atoms with Crippen molar-refractivity contribution in [2.45, 2.75) is 39.2 Å². The molecule has 1 atom stereocenters. The van der Waals surface area contributed by atoms with Gasteiger partial charge in [-0.3, -0.25) is 4.79 Å². The number of rotatable bonds is 4. The molecule has 1 heterocycles. The minimum absolute atomic E-state index is 0.0577. The lowest BCUT2D eigenvalue weighted by molar-refractivity contribution is 0.0936. The summed E-state index contributed by atoms with van der Waals surface area (Å²) in [6.45, 7) is 3.82. The largest absolute Gasteiger partial charge is 0.481 e. The summed E-state index contributed by atoms with van der Waals surface area (Å²) in [5.41, 5.74) is 5.17. The van der Waals surface area contributed by atoms with Crippen LogP contribution in [0.3, 0.4) is 0 Å². The van der Waals surface area contributed by atoms with Gasteiger partial charge in [-0.05, 0) is 49.8 Å². The first-order valence-electron chi connectivity index (χ1n) is 8.01. The van der Waals surface area contributed by atoms with Crippen molar-refractivity contribution in [2.75, 3.05) is 7.11 Å². The number of carbonyl (C=O) groups is 1. The summed E-state index contributed by atoms with van der Waals surface area (Å²) in [5.74, 6) is 0.335. The minimum atomic E-state index is -0.152. The highest BCUT2D eigenvalue weighted by atomic mass is 16.5. The lowest BCUT2D eigenvalue weighted by Gasteiger charge is -2.16. The number of ether oxygens (including phenoxy) is 1. The predicted octanol–water partition coefficient (Wildman–Crippen LogP) is 2.72. The molecule has 5 heteroatoms. The van der Waals surface area contributed by atoms with Crippen LogP contribution >= 0.6 is 0 Å². The average molecular weight is 313 g/mol. The number of aromatic nitrogens is 2. The highest BCUT2D eigenvalue weighted by molar-refractivity contribution is 5.97. The van der Waals surface area contributed by atoms with E-state index in [0.717, 1.165) is 12.0 Å². The molecule has 0 saturated carbocycles. The molecule has 0 bridgehead atoms. The van der Waals surface area contributed by atoms with Crippen molar-refractivity contribution in [1.82, 2.24) is 15.1 Å². The van der Waals surface area contributed by atoms with Gasteiger partial charge in [0.2, 0.25) is 5.88 Å². The molecule has 0 fully saturated rings. The second-order valence-electron chi connectivity index (χ2n) is 6.17. The molecule has 122 valence electrons. The van der Waals surface area contributed by atoms with Crippen molar-refractivity contribution in [2.24, 2.45) is 7.05 Å². The molecule has 1 N–H and O–H groups in total. The molecule has 23 heavy (non-hydrogen) atoms. The van der Waals surface area contributed by atoms with E-state index in [0.29, 0.717) is 17.1 Å². The molecule has 0 unspecified atom stereocenters. The number of benzene rings is 1. The third kappa shape index (κ3) is 2.83. The van der Waals surface area contributed by atoms with E-state index < -0.39 is 0 Å². The lowest BCUT2D eigenvalue weighted by Crippen LogP contribution is -2.27. The second kappa shape index (κ2) is 6.07. The van der Waals surface area contributed by atoms with Gasteiger partial charge in [-0.2, -0.15) is 5.10 Å². The Hall–Kier alpha value is -2.30. The molecule has 0 spiro atoms. The molecular weight excluding hydrogens is 290 g/mol. The van der Waals surface area contributed by atoms with E-state index in [1.165, 1.54) is 24.0 Å². The Labute approximate surface area is 136 Å². The van der Waals surface area contributed by atoms with E-state index in [2.05, 4.69) is 28.6 Å². The zero-order valence-electron chi connectivity index (χ0n) is 14.1. The second-order valence-corrected chi connectivity index (χ2v) is 6.17. The minimum Gasteiger partial charge on any atom is -0.481 e. The van der Waals surface area contributed by atoms with Gasteiger partial charge in [0.1, 0.15) is 5.56 Å². The summed E-state index contributed by atoms with van der Waals surface area (Å²) in [6.07, 6.45) is 3.54. The zero-order chi connectivity index (χ0) is 16.6. The molecule has 3 rings (SSSR count). The quantitative estimate of drug-likeness (QED) is 0.944. The van der Waals surface area contributed by atoms with E-state index in [1.54, 1.807) is 18.8 Å². The number of hydrogen-bond donors (Lipinski definition) is 1.